The Bertz CT molecular complexity index is 2080. The van der Waals surface area contributed by atoms with E-state index in [0.29, 0.717) is 45.4 Å². The predicted octanol–water partition coefficient (Wildman–Crippen LogP) is 3.56. The van der Waals surface area contributed by atoms with Gasteiger partial charge in [-0.3, -0.25) is 19.1 Å². The number of nitrogens with one attached hydrogen (secondary N) is 1. The summed E-state index contributed by atoms with van der Waals surface area (Å²) in [4.78, 5) is 42.9. The van der Waals surface area contributed by atoms with Gasteiger partial charge in [0.2, 0.25) is 5.91 Å². The van der Waals surface area contributed by atoms with Crippen molar-refractivity contribution in [3.8, 4) is 22.9 Å². The second kappa shape index (κ2) is 10.9. The Hall–Kier alpha value is -6.17. The zero-order valence-corrected chi connectivity index (χ0v) is 23.3. The lowest BCUT2D eigenvalue weighted by Gasteiger charge is -2.16. The summed E-state index contributed by atoms with van der Waals surface area (Å²) >= 11 is 0. The number of benzene rings is 1. The summed E-state index contributed by atoms with van der Waals surface area (Å²) in [6.45, 7) is 0. The highest BCUT2D eigenvalue weighted by molar-refractivity contribution is 5.99. The molecule has 2 amide bonds. The highest BCUT2D eigenvalue weighted by Crippen LogP contribution is 2.36. The molecule has 7 rings (SSSR count). The molecule has 0 saturated heterocycles. The summed E-state index contributed by atoms with van der Waals surface area (Å²) in [6.07, 6.45) is 10.9. The Morgan fingerprint density at radius 2 is 1.84 bits per heavy atom. The van der Waals surface area contributed by atoms with Crippen molar-refractivity contribution < 1.29 is 9.59 Å². The first-order chi connectivity index (χ1) is 21.5. The van der Waals surface area contributed by atoms with Gasteiger partial charge in [-0.1, -0.05) is 6.07 Å². The van der Waals surface area contributed by atoms with Crippen LogP contribution in [0.25, 0.3) is 40.1 Å². The first kappa shape index (κ1) is 26.7. The van der Waals surface area contributed by atoms with Gasteiger partial charge in [-0.25, -0.2) is 19.6 Å². The van der Waals surface area contributed by atoms with E-state index in [-0.39, 0.29) is 11.9 Å². The zero-order chi connectivity index (χ0) is 30.2. The van der Waals surface area contributed by atoms with Crippen LogP contribution in [0.2, 0.25) is 0 Å². The van der Waals surface area contributed by atoms with Crippen molar-refractivity contribution in [3.63, 3.8) is 0 Å². The highest BCUT2D eigenvalue weighted by atomic mass is 16.2. The Labute approximate surface area is 251 Å². The molecule has 0 spiro atoms. The summed E-state index contributed by atoms with van der Waals surface area (Å²) in [5, 5.41) is 7.47. The van der Waals surface area contributed by atoms with E-state index in [1.165, 1.54) is 12.2 Å². The summed E-state index contributed by atoms with van der Waals surface area (Å²) in [7, 11) is 0. The molecule has 0 aliphatic heterocycles. The van der Waals surface area contributed by atoms with E-state index in [4.69, 9.17) is 21.4 Å². The lowest BCUT2D eigenvalue weighted by molar-refractivity contribution is -0.113. The van der Waals surface area contributed by atoms with E-state index in [0.717, 1.165) is 29.7 Å². The second-order valence-corrected chi connectivity index (χ2v) is 10.3. The maximum atomic E-state index is 13.3. The molecular formula is C32H26N10O2. The fourth-order valence-corrected chi connectivity index (χ4v) is 5.54. The second-order valence-electron chi connectivity index (χ2n) is 10.3. The smallest absolute Gasteiger partial charge is 0.253 e. The molecule has 12 nitrogen and oxygen atoms in total. The van der Waals surface area contributed by atoms with E-state index in [1.807, 2.05) is 53.2 Å². The van der Waals surface area contributed by atoms with Gasteiger partial charge in [0.05, 0.1) is 22.9 Å². The van der Waals surface area contributed by atoms with Crippen LogP contribution in [0.5, 0.6) is 0 Å². The molecule has 0 radical (unpaired) electrons. The van der Waals surface area contributed by atoms with Crippen LogP contribution in [-0.4, -0.2) is 46.1 Å². The standard InChI is InChI=1S/C32H26N10O2/c33-27(43)12-10-24-22(4-1-14-35-24)32(44)39-25-9-6-19-18-20(7-8-21(19)25)42-30(23-5-2-15-36-29(23)34)38-26-11-13-28(40-31(26)42)41-17-3-16-37-41/h1-5,7-8,10-18,25H,6,9H2,(H2,33,43)(H2,34,36)(H,39,44)/b12-10+/t25-/m0/s1. The number of rotatable bonds is 7. The van der Waals surface area contributed by atoms with Crippen molar-refractivity contribution in [2.75, 3.05) is 5.73 Å². The Morgan fingerprint density at radius 3 is 2.66 bits per heavy atom. The number of carbonyl (C=O) groups excluding carboxylic acids is 2. The number of aryl methyl sites for hydroxylation is 1. The molecule has 0 saturated carbocycles. The maximum Gasteiger partial charge on any atom is 0.253 e. The van der Waals surface area contributed by atoms with Gasteiger partial charge in [-0.15, -0.1) is 0 Å². The Balaban J connectivity index is 1.27. The Kier molecular flexibility index (Phi) is 6.62. The van der Waals surface area contributed by atoms with Crippen LogP contribution in [0.15, 0.2) is 91.5 Å². The number of aromatic nitrogens is 7. The van der Waals surface area contributed by atoms with Crippen molar-refractivity contribution >= 4 is 34.9 Å². The van der Waals surface area contributed by atoms with E-state index < -0.39 is 5.91 Å². The molecule has 12 heteroatoms. The van der Waals surface area contributed by atoms with E-state index in [2.05, 4.69) is 26.4 Å². The first-order valence-corrected chi connectivity index (χ1v) is 13.9. The van der Waals surface area contributed by atoms with Crippen molar-refractivity contribution in [2.45, 2.75) is 18.9 Å². The van der Waals surface area contributed by atoms with Crippen LogP contribution < -0.4 is 16.8 Å². The maximum absolute atomic E-state index is 13.3. The molecule has 44 heavy (non-hydrogen) atoms. The molecule has 5 heterocycles. The van der Waals surface area contributed by atoms with Crippen molar-refractivity contribution in [1.29, 1.82) is 0 Å². The number of hydrogen-bond donors (Lipinski definition) is 3. The lowest BCUT2D eigenvalue weighted by Crippen LogP contribution is -2.28. The summed E-state index contributed by atoms with van der Waals surface area (Å²) in [6, 6.07) is 18.6. The average molecular weight is 583 g/mol. The monoisotopic (exact) mass is 582 g/mol. The number of nitrogens with zero attached hydrogens (tertiary/aromatic N) is 7. The number of primary amides is 1. The van der Waals surface area contributed by atoms with Crippen LogP contribution in [0.1, 0.15) is 39.6 Å². The fraction of sp³-hybridized carbons (Fsp3) is 0.0938. The van der Waals surface area contributed by atoms with Crippen LogP contribution in [0.4, 0.5) is 5.82 Å². The van der Waals surface area contributed by atoms with Crippen LogP contribution >= 0.6 is 0 Å². The quantitative estimate of drug-likeness (QED) is 0.240. The predicted molar refractivity (Wildman–Crippen MR) is 165 cm³/mol. The van der Waals surface area contributed by atoms with Crippen LogP contribution in [0.3, 0.4) is 0 Å². The normalized spacial score (nSPS) is 14.2. The van der Waals surface area contributed by atoms with E-state index in [9.17, 15) is 9.59 Å². The number of imidazole rings is 1. The van der Waals surface area contributed by atoms with Gasteiger partial charge in [-0.05, 0) is 84.6 Å². The Morgan fingerprint density at radius 1 is 0.977 bits per heavy atom. The number of anilines is 1. The largest absolute Gasteiger partial charge is 0.383 e. The molecule has 216 valence electrons. The minimum Gasteiger partial charge on any atom is -0.383 e. The molecule has 5 N–H and O–H groups in total. The van der Waals surface area contributed by atoms with Gasteiger partial charge in [0.25, 0.3) is 5.91 Å². The van der Waals surface area contributed by atoms with Gasteiger partial charge in [0.15, 0.2) is 17.3 Å². The van der Waals surface area contributed by atoms with Gasteiger partial charge in [0, 0.05) is 36.6 Å². The first-order valence-electron chi connectivity index (χ1n) is 13.9. The van der Waals surface area contributed by atoms with Crippen LogP contribution in [0, 0.1) is 0 Å². The minimum absolute atomic E-state index is 0.197. The third-order valence-electron chi connectivity index (χ3n) is 7.56. The topological polar surface area (TPSA) is 173 Å². The number of nitrogens with two attached hydrogens (primary N) is 2. The van der Waals surface area contributed by atoms with Gasteiger partial charge in [-0.2, -0.15) is 5.10 Å². The SMILES string of the molecule is NC(=O)/C=C/c1ncccc1C(=O)N[C@H]1CCc2cc(-n3c(-c4cccnc4N)nc4ccc(-n5cccn5)nc43)ccc21. The molecule has 5 aromatic heterocycles. The van der Waals surface area contributed by atoms with Crippen molar-refractivity contribution in [2.24, 2.45) is 5.73 Å². The number of carbonyl (C=O) groups is 2. The third kappa shape index (κ3) is 4.83. The number of hydrogen-bond acceptors (Lipinski definition) is 8. The third-order valence-corrected chi connectivity index (χ3v) is 7.56. The number of fused-ring (bicyclic) bond motifs is 2. The van der Waals surface area contributed by atoms with E-state index in [1.54, 1.807) is 35.4 Å². The number of nitrogen functional groups attached to an aromatic ring is 1. The minimum atomic E-state index is -0.615. The average Bonchev–Trinajstić information content (AvgIpc) is 3.79. The molecule has 6 aromatic rings. The zero-order valence-electron chi connectivity index (χ0n) is 23.3. The molecule has 1 aliphatic carbocycles. The van der Waals surface area contributed by atoms with Crippen LogP contribution in [-0.2, 0) is 11.2 Å². The summed E-state index contributed by atoms with van der Waals surface area (Å²) in [5.74, 6) is 0.732. The molecule has 1 aliphatic rings. The summed E-state index contributed by atoms with van der Waals surface area (Å²) in [5.41, 5.74) is 17.3. The molecule has 0 unspecified atom stereocenters. The van der Waals surface area contributed by atoms with Crippen molar-refractivity contribution in [1.82, 2.24) is 39.6 Å². The fourth-order valence-electron chi connectivity index (χ4n) is 5.54. The molecule has 0 bridgehead atoms. The molecule has 0 fully saturated rings. The summed E-state index contributed by atoms with van der Waals surface area (Å²) < 4.78 is 3.68. The molecule has 1 aromatic carbocycles. The van der Waals surface area contributed by atoms with Gasteiger partial charge >= 0.3 is 0 Å². The van der Waals surface area contributed by atoms with Gasteiger partial charge < -0.3 is 16.8 Å². The number of amides is 2. The van der Waals surface area contributed by atoms with Crippen molar-refractivity contribution in [3.05, 3.63) is 114 Å². The number of pyridine rings is 3. The molecule has 1 atom stereocenters. The molecular weight excluding hydrogens is 556 g/mol. The van der Waals surface area contributed by atoms with E-state index >= 15 is 0 Å². The highest BCUT2D eigenvalue weighted by Gasteiger charge is 2.27. The van der Waals surface area contributed by atoms with Gasteiger partial charge in [0.1, 0.15) is 11.3 Å². The lowest BCUT2D eigenvalue weighted by atomic mass is 10.1.